The van der Waals surface area contributed by atoms with Crippen molar-refractivity contribution in [3.63, 3.8) is 0 Å². The van der Waals surface area contributed by atoms with Gasteiger partial charge in [0.05, 0.1) is 12.1 Å². The van der Waals surface area contributed by atoms with E-state index < -0.39 is 29.6 Å². The van der Waals surface area contributed by atoms with Gasteiger partial charge in [0.2, 0.25) is 5.96 Å². The molecule has 0 spiro atoms. The number of nitrogens with one attached hydrogen (secondary N) is 2. The van der Waals surface area contributed by atoms with Gasteiger partial charge in [-0.25, -0.2) is 10.3 Å². The summed E-state index contributed by atoms with van der Waals surface area (Å²) in [5.74, 6) is -1.10. The van der Waals surface area contributed by atoms with Crippen LogP contribution < -0.4 is 16.0 Å². The minimum absolute atomic E-state index is 0.0701. The lowest BCUT2D eigenvalue weighted by Crippen LogP contribution is -2.39. The molecule has 0 fully saturated rings. The fraction of sp³-hybridized carbons (Fsp3) is 0.194. The molecule has 11 heteroatoms. The highest BCUT2D eigenvalue weighted by Crippen LogP contribution is 2.33. The first-order valence-electron chi connectivity index (χ1n) is 15.1. The number of urea groups is 1. The number of anilines is 1. The van der Waals surface area contributed by atoms with E-state index in [1.807, 2.05) is 24.3 Å². The molecule has 0 aliphatic heterocycles. The molecule has 0 saturated heterocycles. The molecule has 4 N–H and O–H groups in total. The summed E-state index contributed by atoms with van der Waals surface area (Å²) in [5.41, 5.74) is 17.1. The van der Waals surface area contributed by atoms with Gasteiger partial charge in [-0.2, -0.15) is 18.2 Å². The average molecular weight is 639 g/mol. The Morgan fingerprint density at radius 1 is 0.894 bits per heavy atom. The summed E-state index contributed by atoms with van der Waals surface area (Å²) >= 11 is 0. The number of carbonyl (C=O) groups excluding carboxylic acids is 2. The van der Waals surface area contributed by atoms with Crippen LogP contribution in [-0.4, -0.2) is 17.9 Å². The average Bonchev–Trinajstić information content (AvgIpc) is 3.10. The molecule has 1 aliphatic carbocycles. The number of halogens is 3. The molecule has 0 saturated carbocycles. The monoisotopic (exact) mass is 638 g/mol. The summed E-state index contributed by atoms with van der Waals surface area (Å²) in [6.07, 6.45) is 2.14. The van der Waals surface area contributed by atoms with E-state index in [1.165, 1.54) is 18.1 Å². The van der Waals surface area contributed by atoms with Crippen LogP contribution in [0.2, 0.25) is 0 Å². The van der Waals surface area contributed by atoms with Crippen molar-refractivity contribution in [2.45, 2.75) is 44.9 Å². The van der Waals surface area contributed by atoms with Gasteiger partial charge in [0, 0.05) is 17.8 Å². The molecule has 240 valence electrons. The highest BCUT2D eigenvalue weighted by Gasteiger charge is 2.30. The smallest absolute Gasteiger partial charge is 0.366 e. The van der Waals surface area contributed by atoms with Crippen molar-refractivity contribution >= 4 is 29.2 Å². The number of carbonyl (C=O) groups is 2. The zero-order chi connectivity index (χ0) is 33.4. The van der Waals surface area contributed by atoms with Crippen LogP contribution >= 0.6 is 0 Å². The van der Waals surface area contributed by atoms with Gasteiger partial charge in [-0.1, -0.05) is 66.7 Å². The van der Waals surface area contributed by atoms with Gasteiger partial charge in [0.1, 0.15) is 0 Å². The number of benzene rings is 4. The van der Waals surface area contributed by atoms with Crippen LogP contribution in [0.4, 0.5) is 23.7 Å². The molecule has 8 nitrogen and oxygen atoms in total. The van der Waals surface area contributed by atoms with Gasteiger partial charge in [0.25, 0.3) is 5.91 Å². The second kappa shape index (κ2) is 14.7. The molecular weight excluding hydrogens is 605 g/mol. The van der Waals surface area contributed by atoms with Crippen LogP contribution in [-0.2, 0) is 19.3 Å². The van der Waals surface area contributed by atoms with E-state index >= 15 is 0 Å². The maximum Gasteiger partial charge on any atom is 0.416 e. The van der Waals surface area contributed by atoms with Gasteiger partial charge >= 0.3 is 12.2 Å². The molecule has 4 aromatic rings. The van der Waals surface area contributed by atoms with E-state index in [2.05, 4.69) is 21.5 Å². The van der Waals surface area contributed by atoms with E-state index in [0.29, 0.717) is 22.4 Å². The predicted molar refractivity (Wildman–Crippen MR) is 176 cm³/mol. The van der Waals surface area contributed by atoms with Crippen molar-refractivity contribution in [2.24, 2.45) is 15.8 Å². The quantitative estimate of drug-likeness (QED) is 0.102. The van der Waals surface area contributed by atoms with Crippen LogP contribution in [0.5, 0.6) is 0 Å². The molecule has 5 rings (SSSR count). The molecule has 1 aliphatic rings. The number of nitrogens with zero attached hydrogens (tertiary/aromatic N) is 3. The Balaban J connectivity index is 1.39. The number of guanidine groups is 1. The molecule has 0 radical (unpaired) electrons. The molecule has 4 aromatic carbocycles. The second-order valence-electron chi connectivity index (χ2n) is 11.1. The molecule has 0 heterocycles. The van der Waals surface area contributed by atoms with E-state index in [0.717, 1.165) is 42.5 Å². The van der Waals surface area contributed by atoms with Crippen molar-refractivity contribution in [3.8, 4) is 11.1 Å². The van der Waals surface area contributed by atoms with E-state index in [9.17, 15) is 22.8 Å². The lowest BCUT2D eigenvalue weighted by Gasteiger charge is -2.24. The van der Waals surface area contributed by atoms with Crippen molar-refractivity contribution in [2.75, 3.05) is 4.90 Å². The lowest BCUT2D eigenvalue weighted by atomic mass is 9.93. The maximum atomic E-state index is 13.8. The normalized spacial score (nSPS) is 13.4. The Morgan fingerprint density at radius 2 is 1.64 bits per heavy atom. The molecule has 0 unspecified atom stereocenters. The summed E-state index contributed by atoms with van der Waals surface area (Å²) in [4.78, 5) is 31.2. The van der Waals surface area contributed by atoms with E-state index in [1.54, 1.807) is 59.5 Å². The first kappa shape index (κ1) is 32.8. The minimum atomic E-state index is -4.48. The van der Waals surface area contributed by atoms with Gasteiger partial charge in [0.15, 0.2) is 0 Å². The zero-order valence-electron chi connectivity index (χ0n) is 25.4. The van der Waals surface area contributed by atoms with Crippen molar-refractivity contribution in [3.05, 3.63) is 131 Å². The largest absolute Gasteiger partial charge is 0.416 e. The third-order valence-electron chi connectivity index (χ3n) is 7.91. The molecule has 3 amide bonds. The second-order valence-corrected chi connectivity index (χ2v) is 11.1. The third kappa shape index (κ3) is 8.37. The molecular formula is C36H33F3N6O2. The topological polar surface area (TPSA) is 124 Å². The van der Waals surface area contributed by atoms with Gasteiger partial charge < -0.3 is 11.1 Å². The van der Waals surface area contributed by atoms with Crippen molar-refractivity contribution < 1.29 is 22.8 Å². The fourth-order valence-electron chi connectivity index (χ4n) is 5.45. The van der Waals surface area contributed by atoms with Crippen LogP contribution in [0.25, 0.3) is 16.7 Å². The Morgan fingerprint density at radius 3 is 2.32 bits per heavy atom. The number of rotatable bonds is 8. The standard InChI is InChI=1S/C36H33F3N6O2/c37-36(38,39)30-11-6-10-28(21-30)32-12-5-4-9-29(32)22-42-35(47)45(31-19-17-26(18-20-31)25-7-2-1-3-8-25)23-24-13-15-27(16-14-24)33(46)43-34(40)44-41/h4-7,9-21,41H,1-3,8,22-23H2,(H,42,47)(H2,40,43,46). The van der Waals surface area contributed by atoms with E-state index in [-0.39, 0.29) is 18.7 Å². The van der Waals surface area contributed by atoms with E-state index in [4.69, 9.17) is 11.3 Å². The number of hydrogen-bond acceptors (Lipinski definition) is 3. The number of aliphatic imine (C=N–C) groups is 1. The van der Waals surface area contributed by atoms with Gasteiger partial charge in [-0.05, 0) is 95.5 Å². The van der Waals surface area contributed by atoms with Crippen molar-refractivity contribution in [1.82, 2.24) is 5.32 Å². The zero-order valence-corrected chi connectivity index (χ0v) is 25.4. The Kier molecular flexibility index (Phi) is 10.2. The van der Waals surface area contributed by atoms with Crippen LogP contribution in [0.1, 0.15) is 58.3 Å². The number of nitrogens with two attached hydrogens (primary N) is 1. The SMILES string of the molecule is N=NC(N)=NC(=O)c1ccc(CN(C(=O)NCc2ccccc2-c2cccc(C(F)(F)F)c2)c2ccc(C3=CCCCC3)cc2)cc1. The Bertz CT molecular complexity index is 1820. The molecule has 47 heavy (non-hydrogen) atoms. The Hall–Kier alpha value is -5.58. The summed E-state index contributed by atoms with van der Waals surface area (Å²) in [7, 11) is 0. The number of alkyl halides is 3. The molecule has 0 aromatic heterocycles. The summed E-state index contributed by atoms with van der Waals surface area (Å²) in [6, 6.07) is 26.0. The third-order valence-corrected chi connectivity index (χ3v) is 7.91. The summed E-state index contributed by atoms with van der Waals surface area (Å²) in [6.45, 7) is 0.228. The van der Waals surface area contributed by atoms with Crippen LogP contribution in [0, 0.1) is 5.53 Å². The van der Waals surface area contributed by atoms with Gasteiger partial charge in [-0.15, -0.1) is 5.11 Å². The predicted octanol–water partition coefficient (Wildman–Crippen LogP) is 8.73. The number of hydrogen-bond donors (Lipinski definition) is 3. The van der Waals surface area contributed by atoms with Crippen molar-refractivity contribution in [1.29, 1.82) is 5.53 Å². The lowest BCUT2D eigenvalue weighted by molar-refractivity contribution is -0.137. The number of amides is 3. The fourth-order valence-corrected chi connectivity index (χ4v) is 5.45. The highest BCUT2D eigenvalue weighted by atomic mass is 19.4. The summed E-state index contributed by atoms with van der Waals surface area (Å²) in [5, 5.41) is 5.88. The molecule has 0 atom stereocenters. The Labute approximate surface area is 270 Å². The first-order valence-corrected chi connectivity index (χ1v) is 15.1. The highest BCUT2D eigenvalue weighted by molar-refractivity contribution is 6.02. The minimum Gasteiger partial charge on any atom is -0.366 e. The number of allylic oxidation sites excluding steroid dienone is 2. The van der Waals surface area contributed by atoms with Crippen LogP contribution in [0.15, 0.2) is 113 Å². The first-order chi connectivity index (χ1) is 22.6. The molecule has 0 bridgehead atoms. The maximum absolute atomic E-state index is 13.8. The van der Waals surface area contributed by atoms with Crippen LogP contribution in [0.3, 0.4) is 0 Å². The van der Waals surface area contributed by atoms with Gasteiger partial charge in [-0.3, -0.25) is 9.69 Å². The summed E-state index contributed by atoms with van der Waals surface area (Å²) < 4.78 is 40.3.